The number of nitrogens with one attached hydrogen (secondary N) is 1. The Kier molecular flexibility index (Phi) is 3.69. The predicted molar refractivity (Wildman–Crippen MR) is 93.6 cm³/mol. The van der Waals surface area contributed by atoms with E-state index >= 15 is 0 Å². The number of aromatic amines is 1. The van der Waals surface area contributed by atoms with Crippen molar-refractivity contribution in [2.24, 2.45) is 0 Å². The van der Waals surface area contributed by atoms with Crippen molar-refractivity contribution in [2.75, 3.05) is 6.61 Å². The molecular weight excluding hydrogens is 324 g/mol. The van der Waals surface area contributed by atoms with Crippen LogP contribution in [0.3, 0.4) is 0 Å². The van der Waals surface area contributed by atoms with E-state index in [4.69, 9.17) is 4.74 Å². The zero-order chi connectivity index (χ0) is 16.7. The summed E-state index contributed by atoms with van der Waals surface area (Å²) >= 11 is 1.19. The van der Waals surface area contributed by atoms with Crippen LogP contribution in [0.2, 0.25) is 0 Å². The molecule has 0 saturated heterocycles. The average molecular weight is 340 g/mol. The molecule has 1 fully saturated rings. The first kappa shape index (κ1) is 15.1. The number of rotatable bonds is 4. The first-order valence-electron chi connectivity index (χ1n) is 7.98. The Bertz CT molecular complexity index is 985. The van der Waals surface area contributed by atoms with Gasteiger partial charge in [0.25, 0.3) is 5.56 Å². The SMILES string of the molecule is CCOC(=O)c1snc(-c2cccc3c(=O)[nH]ccc23)c1C1CC1. The molecule has 1 aliphatic carbocycles. The van der Waals surface area contributed by atoms with E-state index < -0.39 is 0 Å². The first-order chi connectivity index (χ1) is 11.7. The maximum atomic E-state index is 12.3. The molecule has 0 amide bonds. The van der Waals surface area contributed by atoms with Gasteiger partial charge in [-0.3, -0.25) is 4.79 Å². The van der Waals surface area contributed by atoms with Crippen LogP contribution in [0.25, 0.3) is 22.0 Å². The van der Waals surface area contributed by atoms with Crippen molar-refractivity contribution in [3.8, 4) is 11.3 Å². The fraction of sp³-hybridized carbons (Fsp3) is 0.278. The van der Waals surface area contributed by atoms with E-state index in [1.807, 2.05) is 18.2 Å². The molecule has 0 aliphatic heterocycles. The molecule has 1 saturated carbocycles. The quantitative estimate of drug-likeness (QED) is 0.735. The van der Waals surface area contributed by atoms with Crippen LogP contribution < -0.4 is 5.56 Å². The molecule has 0 unspecified atom stereocenters. The molecule has 0 atom stereocenters. The fourth-order valence-corrected chi connectivity index (χ4v) is 3.89. The number of hydrogen-bond donors (Lipinski definition) is 1. The zero-order valence-electron chi connectivity index (χ0n) is 13.2. The summed E-state index contributed by atoms with van der Waals surface area (Å²) in [5, 5.41) is 1.48. The van der Waals surface area contributed by atoms with E-state index in [9.17, 15) is 9.59 Å². The van der Waals surface area contributed by atoms with Crippen molar-refractivity contribution in [1.82, 2.24) is 9.36 Å². The Morgan fingerprint density at radius 1 is 1.33 bits per heavy atom. The number of H-pyrrole nitrogens is 1. The monoisotopic (exact) mass is 340 g/mol. The highest BCUT2D eigenvalue weighted by Gasteiger charge is 2.34. The van der Waals surface area contributed by atoms with Crippen LogP contribution in [0.15, 0.2) is 35.3 Å². The van der Waals surface area contributed by atoms with Gasteiger partial charge in [0.2, 0.25) is 0 Å². The number of pyridine rings is 1. The van der Waals surface area contributed by atoms with Crippen molar-refractivity contribution in [3.05, 3.63) is 51.3 Å². The summed E-state index contributed by atoms with van der Waals surface area (Å²) in [6.07, 6.45) is 3.76. The highest BCUT2D eigenvalue weighted by atomic mass is 32.1. The molecule has 1 aliphatic rings. The Balaban J connectivity index is 1.93. The average Bonchev–Trinajstić information content (AvgIpc) is 3.33. The molecule has 4 rings (SSSR count). The zero-order valence-corrected chi connectivity index (χ0v) is 14.0. The van der Waals surface area contributed by atoms with Crippen LogP contribution in [0, 0.1) is 0 Å². The molecule has 2 aromatic heterocycles. The van der Waals surface area contributed by atoms with Crippen LogP contribution >= 0.6 is 11.5 Å². The Labute approximate surface area is 142 Å². The molecule has 1 N–H and O–H groups in total. The highest BCUT2D eigenvalue weighted by Crippen LogP contribution is 2.48. The number of ether oxygens (including phenoxy) is 1. The van der Waals surface area contributed by atoms with Crippen molar-refractivity contribution in [2.45, 2.75) is 25.7 Å². The molecule has 0 spiro atoms. The number of nitrogens with zero attached hydrogens (tertiary/aromatic N) is 1. The largest absolute Gasteiger partial charge is 0.462 e. The maximum Gasteiger partial charge on any atom is 0.350 e. The molecule has 3 aromatic rings. The number of aromatic nitrogens is 2. The summed E-state index contributed by atoms with van der Waals surface area (Å²) in [4.78, 5) is 27.6. The summed E-state index contributed by atoms with van der Waals surface area (Å²) in [5.74, 6) is 0.0524. The Hall–Kier alpha value is -2.47. The van der Waals surface area contributed by atoms with Gasteiger partial charge in [-0.15, -0.1) is 0 Å². The van der Waals surface area contributed by atoms with Gasteiger partial charge in [0.15, 0.2) is 0 Å². The van der Waals surface area contributed by atoms with Gasteiger partial charge in [0.05, 0.1) is 12.3 Å². The summed E-state index contributed by atoms with van der Waals surface area (Å²) in [6, 6.07) is 7.49. The molecular formula is C18H16N2O3S. The van der Waals surface area contributed by atoms with Gasteiger partial charge < -0.3 is 9.72 Å². The minimum atomic E-state index is -0.304. The maximum absolute atomic E-state index is 12.3. The van der Waals surface area contributed by atoms with E-state index in [0.29, 0.717) is 22.8 Å². The second-order valence-corrected chi connectivity index (χ2v) is 6.62. The number of hydrogen-bond acceptors (Lipinski definition) is 5. The highest BCUT2D eigenvalue weighted by molar-refractivity contribution is 7.08. The Morgan fingerprint density at radius 3 is 2.92 bits per heavy atom. The minimum absolute atomic E-state index is 0.122. The van der Waals surface area contributed by atoms with Crippen LogP contribution in [0.1, 0.15) is 40.9 Å². The second-order valence-electron chi connectivity index (χ2n) is 5.84. The topological polar surface area (TPSA) is 72.0 Å². The molecule has 122 valence electrons. The van der Waals surface area contributed by atoms with E-state index in [1.54, 1.807) is 19.2 Å². The summed E-state index contributed by atoms with van der Waals surface area (Å²) in [7, 11) is 0. The third kappa shape index (κ3) is 2.43. The van der Waals surface area contributed by atoms with Crippen LogP contribution in [-0.4, -0.2) is 21.9 Å². The lowest BCUT2D eigenvalue weighted by molar-refractivity contribution is 0.0531. The molecule has 1 aromatic carbocycles. The number of carbonyl (C=O) groups is 1. The Morgan fingerprint density at radius 2 is 2.17 bits per heavy atom. The molecule has 0 bridgehead atoms. The minimum Gasteiger partial charge on any atom is -0.462 e. The fourth-order valence-electron chi connectivity index (χ4n) is 3.01. The molecule has 6 heteroatoms. The van der Waals surface area contributed by atoms with E-state index in [1.165, 1.54) is 11.5 Å². The van der Waals surface area contributed by atoms with E-state index in [-0.39, 0.29) is 11.5 Å². The number of benzene rings is 1. The van der Waals surface area contributed by atoms with Crippen molar-refractivity contribution in [3.63, 3.8) is 0 Å². The van der Waals surface area contributed by atoms with Gasteiger partial charge in [0.1, 0.15) is 4.88 Å². The summed E-state index contributed by atoms with van der Waals surface area (Å²) < 4.78 is 9.74. The standard InChI is InChI=1S/C18H16N2O3S/c1-2-23-18(22)16-14(10-6-7-10)15(20-24-16)12-4-3-5-13-11(12)8-9-19-17(13)21/h3-5,8-10H,2,6-7H2,1H3,(H,19,21). The third-order valence-corrected chi connectivity index (χ3v) is 5.09. The smallest absolute Gasteiger partial charge is 0.350 e. The van der Waals surface area contributed by atoms with Crippen LogP contribution in [-0.2, 0) is 4.74 Å². The second kappa shape index (κ2) is 5.87. The van der Waals surface area contributed by atoms with Crippen molar-refractivity contribution < 1.29 is 9.53 Å². The van der Waals surface area contributed by atoms with Crippen LogP contribution in [0.5, 0.6) is 0 Å². The molecule has 0 radical (unpaired) electrons. The van der Waals surface area contributed by atoms with Crippen molar-refractivity contribution >= 4 is 28.3 Å². The summed E-state index contributed by atoms with van der Waals surface area (Å²) in [5.41, 5.74) is 2.56. The lowest BCUT2D eigenvalue weighted by atomic mass is 9.98. The van der Waals surface area contributed by atoms with Crippen LogP contribution in [0.4, 0.5) is 0 Å². The van der Waals surface area contributed by atoms with Crippen molar-refractivity contribution in [1.29, 1.82) is 0 Å². The van der Waals surface area contributed by atoms with Gasteiger partial charge >= 0.3 is 5.97 Å². The van der Waals surface area contributed by atoms with E-state index in [2.05, 4.69) is 9.36 Å². The van der Waals surface area contributed by atoms with Gasteiger partial charge in [0, 0.05) is 22.7 Å². The predicted octanol–water partition coefficient (Wildman–Crippen LogP) is 3.71. The number of carbonyl (C=O) groups excluding carboxylic acids is 1. The third-order valence-electron chi connectivity index (χ3n) is 4.24. The number of fused-ring (bicyclic) bond motifs is 1. The lowest BCUT2D eigenvalue weighted by Crippen LogP contribution is -2.06. The molecule has 2 heterocycles. The number of esters is 1. The lowest BCUT2D eigenvalue weighted by Gasteiger charge is -2.07. The van der Waals surface area contributed by atoms with E-state index in [0.717, 1.165) is 35.0 Å². The van der Waals surface area contributed by atoms with Gasteiger partial charge in [-0.1, -0.05) is 12.1 Å². The molecule has 5 nitrogen and oxygen atoms in total. The molecule has 24 heavy (non-hydrogen) atoms. The normalized spacial score (nSPS) is 14.0. The summed E-state index contributed by atoms with van der Waals surface area (Å²) in [6.45, 7) is 2.15. The van der Waals surface area contributed by atoms with Gasteiger partial charge in [-0.05, 0) is 54.7 Å². The van der Waals surface area contributed by atoms with Gasteiger partial charge in [-0.25, -0.2) is 4.79 Å². The first-order valence-corrected chi connectivity index (χ1v) is 8.75. The van der Waals surface area contributed by atoms with Gasteiger partial charge in [-0.2, -0.15) is 4.37 Å².